The average Bonchev–Trinajstić information content (AvgIpc) is 2.92. The van der Waals surface area contributed by atoms with Gasteiger partial charge in [-0.05, 0) is 44.2 Å². The lowest BCUT2D eigenvalue weighted by molar-refractivity contribution is 0.0975. The first-order valence-electron chi connectivity index (χ1n) is 8.00. The molecule has 110 valence electrons. The molecule has 1 heterocycles. The van der Waals surface area contributed by atoms with Crippen LogP contribution in [-0.4, -0.2) is 30.3 Å². The fourth-order valence-electron chi connectivity index (χ4n) is 3.28. The first-order valence-corrected chi connectivity index (χ1v) is 8.00. The molecular weight excluding hydrogens is 246 g/mol. The van der Waals surface area contributed by atoms with Crippen LogP contribution in [0.4, 0.5) is 0 Å². The van der Waals surface area contributed by atoms with Crippen molar-refractivity contribution >= 4 is 5.78 Å². The molecule has 1 aromatic carbocycles. The number of hydrogen-bond donors (Lipinski definition) is 0. The molecule has 0 atom stereocenters. The maximum atomic E-state index is 12.0. The number of carbonyl (C=O) groups is 1. The van der Waals surface area contributed by atoms with Crippen molar-refractivity contribution in [2.24, 2.45) is 5.41 Å². The lowest BCUT2D eigenvalue weighted by atomic mass is 9.82. The number of likely N-dealkylation sites (tertiary alicyclic amines) is 1. The maximum Gasteiger partial charge on any atom is 0.162 e. The Bertz CT molecular complexity index is 422. The molecule has 0 spiro atoms. The zero-order chi connectivity index (χ0) is 14.4. The van der Waals surface area contributed by atoms with E-state index in [-0.39, 0.29) is 5.78 Å². The highest BCUT2D eigenvalue weighted by Crippen LogP contribution is 2.36. The van der Waals surface area contributed by atoms with Gasteiger partial charge in [-0.25, -0.2) is 0 Å². The molecule has 0 saturated carbocycles. The molecule has 0 aromatic heterocycles. The predicted octanol–water partition coefficient (Wildman–Crippen LogP) is 4.16. The highest BCUT2D eigenvalue weighted by atomic mass is 16.1. The molecule has 1 aliphatic heterocycles. The normalized spacial score (nSPS) is 18.3. The van der Waals surface area contributed by atoms with Gasteiger partial charge < -0.3 is 4.90 Å². The van der Waals surface area contributed by atoms with Crippen molar-refractivity contribution in [2.45, 2.75) is 46.0 Å². The molecule has 20 heavy (non-hydrogen) atoms. The van der Waals surface area contributed by atoms with Gasteiger partial charge >= 0.3 is 0 Å². The zero-order valence-corrected chi connectivity index (χ0v) is 12.9. The minimum atomic E-state index is 0.280. The van der Waals surface area contributed by atoms with Crippen LogP contribution in [0.15, 0.2) is 30.3 Å². The van der Waals surface area contributed by atoms with Crippen molar-refractivity contribution in [2.75, 3.05) is 19.6 Å². The van der Waals surface area contributed by atoms with Gasteiger partial charge in [-0.2, -0.15) is 0 Å². The van der Waals surface area contributed by atoms with Crippen molar-refractivity contribution in [3.63, 3.8) is 0 Å². The van der Waals surface area contributed by atoms with Gasteiger partial charge in [-0.3, -0.25) is 4.79 Å². The summed E-state index contributed by atoms with van der Waals surface area (Å²) in [6.07, 6.45) is 5.54. The average molecular weight is 273 g/mol. The molecule has 1 aromatic rings. The molecule has 2 heteroatoms. The Morgan fingerprint density at radius 3 is 2.50 bits per heavy atom. The van der Waals surface area contributed by atoms with Gasteiger partial charge in [0, 0.05) is 18.5 Å². The number of rotatable bonds is 7. The van der Waals surface area contributed by atoms with Crippen LogP contribution in [-0.2, 0) is 0 Å². The molecule has 1 aliphatic rings. The lowest BCUT2D eigenvalue weighted by Crippen LogP contribution is -2.27. The fraction of sp³-hybridized carbons (Fsp3) is 0.611. The first-order chi connectivity index (χ1) is 9.69. The fourth-order valence-corrected chi connectivity index (χ4v) is 3.28. The molecule has 1 saturated heterocycles. The minimum absolute atomic E-state index is 0.280. The summed E-state index contributed by atoms with van der Waals surface area (Å²) >= 11 is 0. The van der Waals surface area contributed by atoms with Gasteiger partial charge in [0.05, 0.1) is 0 Å². The van der Waals surface area contributed by atoms with Gasteiger partial charge in [-0.1, -0.05) is 44.2 Å². The van der Waals surface area contributed by atoms with Gasteiger partial charge in [0.1, 0.15) is 0 Å². The molecule has 0 amide bonds. The highest BCUT2D eigenvalue weighted by Gasteiger charge is 2.34. The SMILES string of the molecule is CCC1(CC)CCN(CCCC(=O)c2ccccc2)C1. The van der Waals surface area contributed by atoms with Crippen LogP contribution in [0.1, 0.15) is 56.3 Å². The van der Waals surface area contributed by atoms with E-state index < -0.39 is 0 Å². The van der Waals surface area contributed by atoms with Crippen LogP contribution in [0.3, 0.4) is 0 Å². The maximum absolute atomic E-state index is 12.0. The van der Waals surface area contributed by atoms with E-state index in [1.807, 2.05) is 30.3 Å². The lowest BCUT2D eigenvalue weighted by Gasteiger charge is -2.26. The topological polar surface area (TPSA) is 20.3 Å². The van der Waals surface area contributed by atoms with Crippen LogP contribution >= 0.6 is 0 Å². The molecule has 0 unspecified atom stereocenters. The van der Waals surface area contributed by atoms with Crippen molar-refractivity contribution in [1.82, 2.24) is 4.90 Å². The van der Waals surface area contributed by atoms with Gasteiger partial charge in [0.2, 0.25) is 0 Å². The van der Waals surface area contributed by atoms with Crippen LogP contribution in [0.2, 0.25) is 0 Å². The molecule has 0 radical (unpaired) electrons. The Kier molecular flexibility index (Phi) is 5.36. The van der Waals surface area contributed by atoms with E-state index in [0.29, 0.717) is 11.8 Å². The molecule has 0 bridgehead atoms. The third-order valence-electron chi connectivity index (χ3n) is 4.99. The third kappa shape index (κ3) is 3.69. The minimum Gasteiger partial charge on any atom is -0.303 e. The standard InChI is InChI=1S/C18H27NO/c1-3-18(4-2)12-14-19(15-18)13-8-11-17(20)16-9-6-5-7-10-16/h5-7,9-10H,3-4,8,11-15H2,1-2H3. The Hall–Kier alpha value is -1.15. The van der Waals surface area contributed by atoms with E-state index in [4.69, 9.17) is 0 Å². The number of hydrogen-bond acceptors (Lipinski definition) is 2. The third-order valence-corrected chi connectivity index (χ3v) is 4.99. The van der Waals surface area contributed by atoms with E-state index in [2.05, 4.69) is 18.7 Å². The van der Waals surface area contributed by atoms with Crippen molar-refractivity contribution in [3.8, 4) is 0 Å². The number of benzene rings is 1. The molecular formula is C18H27NO. The molecule has 1 fully saturated rings. The second-order valence-electron chi connectivity index (χ2n) is 6.13. The summed E-state index contributed by atoms with van der Waals surface area (Å²) in [5, 5.41) is 0. The quantitative estimate of drug-likeness (QED) is 0.695. The first kappa shape index (κ1) is 15.2. The molecule has 0 aliphatic carbocycles. The van der Waals surface area contributed by atoms with Crippen molar-refractivity contribution in [1.29, 1.82) is 0 Å². The Labute approximate surface area is 123 Å². The Morgan fingerprint density at radius 1 is 1.20 bits per heavy atom. The van der Waals surface area contributed by atoms with E-state index in [9.17, 15) is 4.79 Å². The van der Waals surface area contributed by atoms with Crippen molar-refractivity contribution < 1.29 is 4.79 Å². The summed E-state index contributed by atoms with van der Waals surface area (Å²) < 4.78 is 0. The zero-order valence-electron chi connectivity index (χ0n) is 12.9. The summed E-state index contributed by atoms with van der Waals surface area (Å²) in [7, 11) is 0. The van der Waals surface area contributed by atoms with Gasteiger partial charge in [-0.15, -0.1) is 0 Å². The number of ketones is 1. The monoisotopic (exact) mass is 273 g/mol. The summed E-state index contributed by atoms with van der Waals surface area (Å²) in [5.41, 5.74) is 1.40. The molecule has 2 rings (SSSR count). The van der Waals surface area contributed by atoms with E-state index >= 15 is 0 Å². The summed E-state index contributed by atoms with van der Waals surface area (Å²) in [6.45, 7) is 8.12. The van der Waals surface area contributed by atoms with Crippen LogP contribution in [0.25, 0.3) is 0 Å². The predicted molar refractivity (Wildman–Crippen MR) is 84.1 cm³/mol. The van der Waals surface area contributed by atoms with Crippen LogP contribution in [0, 0.1) is 5.41 Å². The smallest absolute Gasteiger partial charge is 0.162 e. The summed E-state index contributed by atoms with van der Waals surface area (Å²) in [4.78, 5) is 14.6. The highest BCUT2D eigenvalue weighted by molar-refractivity contribution is 5.95. The Balaban J connectivity index is 1.73. The summed E-state index contributed by atoms with van der Waals surface area (Å²) in [6, 6.07) is 9.65. The second-order valence-corrected chi connectivity index (χ2v) is 6.13. The van der Waals surface area contributed by atoms with Gasteiger partial charge in [0.25, 0.3) is 0 Å². The Morgan fingerprint density at radius 2 is 1.90 bits per heavy atom. The van der Waals surface area contributed by atoms with Crippen LogP contribution in [0.5, 0.6) is 0 Å². The number of nitrogens with zero attached hydrogens (tertiary/aromatic N) is 1. The number of carbonyl (C=O) groups excluding carboxylic acids is 1. The molecule has 2 nitrogen and oxygen atoms in total. The van der Waals surface area contributed by atoms with E-state index in [1.165, 1.54) is 32.4 Å². The molecule has 0 N–H and O–H groups in total. The van der Waals surface area contributed by atoms with E-state index in [0.717, 1.165) is 18.5 Å². The van der Waals surface area contributed by atoms with Gasteiger partial charge in [0.15, 0.2) is 5.78 Å². The largest absolute Gasteiger partial charge is 0.303 e. The number of Topliss-reactive ketones (excluding diaryl/α,β-unsaturated/α-hetero) is 1. The van der Waals surface area contributed by atoms with E-state index in [1.54, 1.807) is 0 Å². The summed E-state index contributed by atoms with van der Waals surface area (Å²) in [5.74, 6) is 0.280. The second kappa shape index (κ2) is 7.03. The van der Waals surface area contributed by atoms with Crippen molar-refractivity contribution in [3.05, 3.63) is 35.9 Å². The van der Waals surface area contributed by atoms with Crippen LogP contribution < -0.4 is 0 Å².